The summed E-state index contributed by atoms with van der Waals surface area (Å²) in [6.45, 7) is 6.33. The number of unbranched alkanes of at least 4 members (excludes halogenated alkanes) is 8. The third-order valence-corrected chi connectivity index (χ3v) is 6.40. The molecule has 5 heteroatoms. The Morgan fingerprint density at radius 2 is 1.34 bits per heavy atom. The van der Waals surface area contributed by atoms with E-state index in [4.69, 9.17) is 4.74 Å². The molecule has 0 saturated carbocycles. The molecular weight excluding hydrogens is 384 g/mol. The van der Waals surface area contributed by atoms with E-state index in [1.54, 1.807) is 0 Å². The first-order valence-corrected chi connectivity index (χ1v) is 13.2. The lowest BCUT2D eigenvalue weighted by atomic mass is 9.96. The topological polar surface area (TPSA) is 63.6 Å². The van der Waals surface area contributed by atoms with E-state index in [-0.39, 0.29) is 6.42 Å². The van der Waals surface area contributed by atoms with Crippen molar-refractivity contribution >= 4 is 10.1 Å². The van der Waals surface area contributed by atoms with Crippen LogP contribution in [-0.2, 0) is 23.0 Å². The van der Waals surface area contributed by atoms with Crippen LogP contribution < -0.4 is 4.74 Å². The summed E-state index contributed by atoms with van der Waals surface area (Å²) in [6, 6.07) is 5.94. The molecule has 1 rings (SSSR count). The normalized spacial score (nSPS) is 12.8. The number of rotatable bonds is 17. The smallest absolute Gasteiger partial charge is 0.303 e. The van der Waals surface area contributed by atoms with Gasteiger partial charge in [0.05, 0.1) is 0 Å². The lowest BCUT2D eigenvalue weighted by molar-refractivity contribution is 0.245. The molecule has 168 valence electrons. The van der Waals surface area contributed by atoms with Crippen LogP contribution in [0.3, 0.4) is 0 Å². The maximum atomic E-state index is 11.6. The number of benzene rings is 1. The first kappa shape index (κ1) is 26.0. The molecule has 0 radical (unpaired) electrons. The molecule has 0 amide bonds. The molecule has 29 heavy (non-hydrogen) atoms. The Hall–Kier alpha value is -1.07. The summed E-state index contributed by atoms with van der Waals surface area (Å²) in [5.74, 6) is 0.541. The predicted octanol–water partition coefficient (Wildman–Crippen LogP) is 7.11. The van der Waals surface area contributed by atoms with Gasteiger partial charge in [0.25, 0.3) is 0 Å². The van der Waals surface area contributed by atoms with E-state index in [1.807, 2.05) is 19.1 Å². The van der Waals surface area contributed by atoms with E-state index in [0.717, 1.165) is 19.3 Å². The summed E-state index contributed by atoms with van der Waals surface area (Å²) in [6.07, 6.45) is 15.4. The molecule has 0 heterocycles. The molecule has 1 aromatic carbocycles. The summed E-state index contributed by atoms with van der Waals surface area (Å²) in [7, 11) is -4.22. The van der Waals surface area contributed by atoms with Crippen LogP contribution in [-0.4, -0.2) is 18.4 Å². The van der Waals surface area contributed by atoms with Crippen LogP contribution in [0.4, 0.5) is 0 Å². The lowest BCUT2D eigenvalue weighted by Gasteiger charge is -2.18. The van der Waals surface area contributed by atoms with Gasteiger partial charge in [0.2, 0.25) is 5.44 Å². The van der Waals surface area contributed by atoms with E-state index in [2.05, 4.69) is 19.9 Å². The zero-order valence-electron chi connectivity index (χ0n) is 18.8. The summed E-state index contributed by atoms with van der Waals surface area (Å²) in [5, 5.41) is 0. The fraction of sp³-hybridized carbons (Fsp3) is 0.750. The zero-order chi connectivity index (χ0) is 21.5. The highest BCUT2D eigenvalue weighted by atomic mass is 32.2. The lowest BCUT2D eigenvalue weighted by Crippen LogP contribution is -2.26. The fourth-order valence-electron chi connectivity index (χ4n) is 3.65. The van der Waals surface area contributed by atoms with Crippen LogP contribution in [0.2, 0.25) is 0 Å². The third kappa shape index (κ3) is 11.0. The minimum Gasteiger partial charge on any atom is -0.472 e. The van der Waals surface area contributed by atoms with Gasteiger partial charge in [-0.3, -0.25) is 4.55 Å². The van der Waals surface area contributed by atoms with Crippen LogP contribution in [0.5, 0.6) is 5.75 Å². The van der Waals surface area contributed by atoms with Crippen LogP contribution in [0.25, 0.3) is 0 Å². The molecule has 0 saturated heterocycles. The van der Waals surface area contributed by atoms with E-state index >= 15 is 0 Å². The van der Waals surface area contributed by atoms with Crippen LogP contribution >= 0.6 is 0 Å². The maximum Gasteiger partial charge on any atom is 0.303 e. The van der Waals surface area contributed by atoms with Crippen molar-refractivity contribution in [3.8, 4) is 5.75 Å². The van der Waals surface area contributed by atoms with Crippen molar-refractivity contribution in [2.24, 2.45) is 0 Å². The minimum absolute atomic E-state index is 0.282. The largest absolute Gasteiger partial charge is 0.472 e. The SMILES string of the molecule is CCCCCCCc1ccc(OC(CCC)S(=O)(=O)O)cc1CCCCCCC. The quantitative estimate of drug-likeness (QED) is 0.213. The summed E-state index contributed by atoms with van der Waals surface area (Å²) in [4.78, 5) is 0. The first-order chi connectivity index (χ1) is 13.9. The van der Waals surface area contributed by atoms with Gasteiger partial charge in [0, 0.05) is 6.42 Å². The Kier molecular flexibility index (Phi) is 13.3. The van der Waals surface area contributed by atoms with E-state index in [1.165, 1.54) is 68.9 Å². The second kappa shape index (κ2) is 14.8. The standard InChI is InChI=1S/C24H42O4S/c1-4-7-9-11-13-16-21-18-19-23(28-24(15-6-3)29(25,26)27)20-22(21)17-14-12-10-8-5-2/h18-20,24H,4-17H2,1-3H3,(H,25,26,27). The van der Waals surface area contributed by atoms with Gasteiger partial charge in [0.1, 0.15) is 5.75 Å². The molecule has 1 atom stereocenters. The van der Waals surface area contributed by atoms with Crippen molar-refractivity contribution in [1.82, 2.24) is 0 Å². The van der Waals surface area contributed by atoms with Gasteiger partial charge in [-0.2, -0.15) is 8.42 Å². The molecule has 0 bridgehead atoms. The number of hydrogen-bond acceptors (Lipinski definition) is 3. The number of hydrogen-bond donors (Lipinski definition) is 1. The van der Waals surface area contributed by atoms with Gasteiger partial charge in [0.15, 0.2) is 0 Å². The molecule has 0 fully saturated rings. The van der Waals surface area contributed by atoms with Gasteiger partial charge in [-0.05, 0) is 48.9 Å². The van der Waals surface area contributed by atoms with Gasteiger partial charge >= 0.3 is 10.1 Å². The monoisotopic (exact) mass is 426 g/mol. The average Bonchev–Trinajstić information content (AvgIpc) is 2.68. The molecule has 1 unspecified atom stereocenters. The highest BCUT2D eigenvalue weighted by Gasteiger charge is 2.24. The van der Waals surface area contributed by atoms with Crippen molar-refractivity contribution < 1.29 is 17.7 Å². The summed E-state index contributed by atoms with van der Waals surface area (Å²) in [5.41, 5.74) is 1.42. The van der Waals surface area contributed by atoms with E-state index in [9.17, 15) is 13.0 Å². The molecule has 1 aromatic rings. The molecule has 0 spiro atoms. The van der Waals surface area contributed by atoms with Crippen molar-refractivity contribution in [3.05, 3.63) is 29.3 Å². The Morgan fingerprint density at radius 1 is 0.793 bits per heavy atom. The number of aryl methyl sites for hydroxylation is 2. The Morgan fingerprint density at radius 3 is 1.86 bits per heavy atom. The van der Waals surface area contributed by atoms with Gasteiger partial charge in [-0.15, -0.1) is 0 Å². The summed E-state index contributed by atoms with van der Waals surface area (Å²) < 4.78 is 38.3. The van der Waals surface area contributed by atoms with Crippen LogP contribution in [0.15, 0.2) is 18.2 Å². The molecule has 0 aliphatic carbocycles. The predicted molar refractivity (Wildman–Crippen MR) is 122 cm³/mol. The molecule has 4 nitrogen and oxygen atoms in total. The molecule has 0 aromatic heterocycles. The molecule has 0 aliphatic rings. The fourth-order valence-corrected chi connectivity index (χ4v) is 4.41. The minimum atomic E-state index is -4.22. The van der Waals surface area contributed by atoms with E-state index < -0.39 is 15.6 Å². The third-order valence-electron chi connectivity index (χ3n) is 5.40. The van der Waals surface area contributed by atoms with Crippen LogP contribution in [0, 0.1) is 0 Å². The number of ether oxygens (including phenoxy) is 1. The van der Waals surface area contributed by atoms with Gasteiger partial charge in [-0.1, -0.05) is 84.6 Å². The second-order valence-corrected chi connectivity index (χ2v) is 9.67. The highest BCUT2D eigenvalue weighted by Crippen LogP contribution is 2.25. The highest BCUT2D eigenvalue weighted by molar-refractivity contribution is 7.86. The molecule has 1 N–H and O–H groups in total. The second-order valence-electron chi connectivity index (χ2n) is 8.11. The van der Waals surface area contributed by atoms with Crippen LogP contribution in [0.1, 0.15) is 109 Å². The molecule has 0 aliphatic heterocycles. The first-order valence-electron chi connectivity index (χ1n) is 11.7. The van der Waals surface area contributed by atoms with Gasteiger partial charge in [-0.25, -0.2) is 0 Å². The van der Waals surface area contributed by atoms with Crippen molar-refractivity contribution in [2.45, 2.75) is 116 Å². The Bertz CT molecular complexity index is 655. The van der Waals surface area contributed by atoms with E-state index in [0.29, 0.717) is 12.2 Å². The van der Waals surface area contributed by atoms with Crippen molar-refractivity contribution in [2.75, 3.05) is 0 Å². The average molecular weight is 427 g/mol. The zero-order valence-corrected chi connectivity index (χ0v) is 19.6. The molecular formula is C24H42O4S. The van der Waals surface area contributed by atoms with Crippen molar-refractivity contribution in [1.29, 1.82) is 0 Å². The van der Waals surface area contributed by atoms with Gasteiger partial charge < -0.3 is 4.74 Å². The Balaban J connectivity index is 2.83. The summed E-state index contributed by atoms with van der Waals surface area (Å²) >= 11 is 0. The maximum absolute atomic E-state index is 11.6. The van der Waals surface area contributed by atoms with Crippen molar-refractivity contribution in [3.63, 3.8) is 0 Å². The Labute approximate surface area is 179 Å².